The second kappa shape index (κ2) is 9.30. The Morgan fingerprint density at radius 2 is 1.73 bits per heavy atom. The van der Waals surface area contributed by atoms with Crippen LogP contribution in [-0.2, 0) is 26.0 Å². The zero-order valence-corrected chi connectivity index (χ0v) is 17.9. The maximum Gasteiger partial charge on any atom is 0.243 e. The van der Waals surface area contributed by atoms with E-state index in [-0.39, 0.29) is 18.0 Å². The lowest BCUT2D eigenvalue weighted by atomic mass is 10.2. The van der Waals surface area contributed by atoms with Crippen molar-refractivity contribution in [1.82, 2.24) is 4.31 Å². The van der Waals surface area contributed by atoms with Gasteiger partial charge in [-0.05, 0) is 36.8 Å². The first-order valence-electron chi connectivity index (χ1n) is 7.84. The van der Waals surface area contributed by atoms with Crippen LogP contribution in [0.4, 0.5) is 0 Å². The van der Waals surface area contributed by atoms with Crippen LogP contribution in [0.15, 0.2) is 51.8 Å². The molecule has 0 atom stereocenters. The molecule has 0 amide bonds. The minimum absolute atomic E-state index is 0.0538. The predicted octanol–water partition coefficient (Wildman–Crippen LogP) is 4.22. The van der Waals surface area contributed by atoms with E-state index < -0.39 is 16.3 Å². The summed E-state index contributed by atoms with van der Waals surface area (Å²) in [4.78, 5) is 0.221. The Bertz CT molecular complexity index is 839. The molecule has 142 valence electrons. The molecule has 0 saturated heterocycles. The number of ether oxygens (including phenoxy) is 2. The lowest BCUT2D eigenvalue weighted by molar-refractivity contribution is -0.108. The molecule has 0 radical (unpaired) electrons. The van der Waals surface area contributed by atoms with E-state index in [1.807, 2.05) is 6.92 Å². The summed E-state index contributed by atoms with van der Waals surface area (Å²) < 4.78 is 38.8. The third-order valence-electron chi connectivity index (χ3n) is 3.90. The van der Waals surface area contributed by atoms with E-state index in [2.05, 4.69) is 15.9 Å². The third-order valence-corrected chi connectivity index (χ3v) is 6.70. The normalized spacial score (nSPS) is 12.1. The zero-order valence-electron chi connectivity index (χ0n) is 14.8. The summed E-state index contributed by atoms with van der Waals surface area (Å²) in [5.74, 6) is 0. The van der Waals surface area contributed by atoms with Crippen LogP contribution in [0.1, 0.15) is 11.1 Å². The summed E-state index contributed by atoms with van der Waals surface area (Å²) >= 11 is 9.42. The molecule has 0 heterocycles. The number of rotatable bonds is 8. The van der Waals surface area contributed by atoms with Crippen molar-refractivity contribution in [2.24, 2.45) is 0 Å². The predicted molar refractivity (Wildman–Crippen MR) is 106 cm³/mol. The second-order valence-corrected chi connectivity index (χ2v) is 8.98. The number of sulfonamides is 1. The molecule has 0 aliphatic heterocycles. The number of aryl methyl sites for hydroxylation is 1. The molecule has 0 aliphatic rings. The Balaban J connectivity index is 2.40. The number of halogens is 2. The molecule has 0 saturated carbocycles. The number of benzene rings is 2. The molecule has 5 nitrogen and oxygen atoms in total. The molecule has 0 unspecified atom stereocenters. The average molecular weight is 463 g/mol. The molecular formula is C18H21BrClNO4S. The lowest BCUT2D eigenvalue weighted by Crippen LogP contribution is -2.38. The van der Waals surface area contributed by atoms with E-state index in [0.717, 1.165) is 15.6 Å². The monoisotopic (exact) mass is 461 g/mol. The van der Waals surface area contributed by atoms with E-state index in [1.54, 1.807) is 42.5 Å². The van der Waals surface area contributed by atoms with Gasteiger partial charge in [0.05, 0.1) is 11.4 Å². The number of hydrogen-bond donors (Lipinski definition) is 0. The summed E-state index contributed by atoms with van der Waals surface area (Å²) in [5, 5.41) is 0.570. The van der Waals surface area contributed by atoms with Gasteiger partial charge in [0, 0.05) is 30.3 Å². The van der Waals surface area contributed by atoms with Crippen LogP contribution < -0.4 is 0 Å². The number of methoxy groups -OCH3 is 2. The van der Waals surface area contributed by atoms with Gasteiger partial charge in [0.15, 0.2) is 6.29 Å². The highest BCUT2D eigenvalue weighted by molar-refractivity contribution is 9.10. The van der Waals surface area contributed by atoms with Crippen molar-refractivity contribution in [3.63, 3.8) is 0 Å². The molecule has 2 rings (SSSR count). The fourth-order valence-electron chi connectivity index (χ4n) is 2.36. The van der Waals surface area contributed by atoms with Crippen LogP contribution in [0.2, 0.25) is 5.02 Å². The Kier molecular flexibility index (Phi) is 7.63. The van der Waals surface area contributed by atoms with E-state index in [9.17, 15) is 8.42 Å². The first kappa shape index (κ1) is 21.3. The fraction of sp³-hybridized carbons (Fsp3) is 0.333. The largest absolute Gasteiger partial charge is 0.354 e. The Hall–Kier alpha value is -0.960. The SMILES string of the molecule is COC(CN(Cc1ccc(Cl)cc1Br)S(=O)(=O)c1ccc(C)cc1)OC. The van der Waals surface area contributed by atoms with Crippen molar-refractivity contribution in [2.75, 3.05) is 20.8 Å². The molecule has 2 aromatic carbocycles. The van der Waals surface area contributed by atoms with Gasteiger partial charge in [-0.3, -0.25) is 0 Å². The van der Waals surface area contributed by atoms with Gasteiger partial charge in [0.2, 0.25) is 10.0 Å². The highest BCUT2D eigenvalue weighted by Gasteiger charge is 2.28. The van der Waals surface area contributed by atoms with Gasteiger partial charge in [-0.1, -0.05) is 51.3 Å². The van der Waals surface area contributed by atoms with Crippen LogP contribution in [0.5, 0.6) is 0 Å². The number of nitrogens with zero attached hydrogens (tertiary/aromatic N) is 1. The van der Waals surface area contributed by atoms with E-state index in [0.29, 0.717) is 5.02 Å². The standard InChI is InChI=1S/C18H21BrClNO4S/c1-13-4-8-16(9-5-13)26(22,23)21(12-18(24-2)25-3)11-14-6-7-15(20)10-17(14)19/h4-10,18H,11-12H2,1-3H3. The summed E-state index contributed by atoms with van der Waals surface area (Å²) in [5.41, 5.74) is 1.78. The van der Waals surface area contributed by atoms with Crippen LogP contribution >= 0.6 is 27.5 Å². The van der Waals surface area contributed by atoms with Crippen molar-refractivity contribution in [3.05, 3.63) is 63.1 Å². The minimum Gasteiger partial charge on any atom is -0.354 e. The molecule has 8 heteroatoms. The topological polar surface area (TPSA) is 55.8 Å². The second-order valence-electron chi connectivity index (χ2n) is 5.75. The maximum absolute atomic E-state index is 13.2. The van der Waals surface area contributed by atoms with E-state index in [4.69, 9.17) is 21.1 Å². The summed E-state index contributed by atoms with van der Waals surface area (Å²) in [6, 6.07) is 12.0. The molecule has 2 aromatic rings. The smallest absolute Gasteiger partial charge is 0.243 e. The Labute approximate surface area is 168 Å². The molecule has 0 spiro atoms. The van der Waals surface area contributed by atoms with Crippen molar-refractivity contribution in [1.29, 1.82) is 0 Å². The van der Waals surface area contributed by atoms with Crippen molar-refractivity contribution < 1.29 is 17.9 Å². The molecule has 0 N–H and O–H groups in total. The molecule has 0 aromatic heterocycles. The van der Waals surface area contributed by atoms with Crippen molar-refractivity contribution >= 4 is 37.6 Å². The summed E-state index contributed by atoms with van der Waals surface area (Å²) in [7, 11) is -0.788. The van der Waals surface area contributed by atoms with Crippen LogP contribution in [0, 0.1) is 6.92 Å². The molecule has 0 aliphatic carbocycles. The fourth-order valence-corrected chi connectivity index (χ4v) is 4.57. The Morgan fingerprint density at radius 1 is 1.12 bits per heavy atom. The van der Waals surface area contributed by atoms with Gasteiger partial charge < -0.3 is 9.47 Å². The zero-order chi connectivity index (χ0) is 19.3. The molecule has 0 bridgehead atoms. The summed E-state index contributed by atoms with van der Waals surface area (Å²) in [6.07, 6.45) is -0.679. The highest BCUT2D eigenvalue weighted by Crippen LogP contribution is 2.26. The average Bonchev–Trinajstić information content (AvgIpc) is 2.60. The molecular weight excluding hydrogens is 442 g/mol. The van der Waals surface area contributed by atoms with Crippen LogP contribution in [0.3, 0.4) is 0 Å². The minimum atomic E-state index is -3.74. The molecule has 0 fully saturated rings. The first-order chi connectivity index (χ1) is 12.3. The molecule has 26 heavy (non-hydrogen) atoms. The summed E-state index contributed by atoms with van der Waals surface area (Å²) in [6.45, 7) is 2.11. The van der Waals surface area contributed by atoms with E-state index in [1.165, 1.54) is 18.5 Å². The first-order valence-corrected chi connectivity index (χ1v) is 10.5. The highest BCUT2D eigenvalue weighted by atomic mass is 79.9. The van der Waals surface area contributed by atoms with Crippen molar-refractivity contribution in [3.8, 4) is 0 Å². The van der Waals surface area contributed by atoms with Gasteiger partial charge in [-0.15, -0.1) is 0 Å². The van der Waals surface area contributed by atoms with Crippen LogP contribution in [0.25, 0.3) is 0 Å². The van der Waals surface area contributed by atoms with Gasteiger partial charge in [-0.25, -0.2) is 8.42 Å². The van der Waals surface area contributed by atoms with Gasteiger partial charge >= 0.3 is 0 Å². The van der Waals surface area contributed by atoms with E-state index >= 15 is 0 Å². The third kappa shape index (κ3) is 5.28. The maximum atomic E-state index is 13.2. The van der Waals surface area contributed by atoms with Gasteiger partial charge in [-0.2, -0.15) is 4.31 Å². The van der Waals surface area contributed by atoms with Gasteiger partial charge in [0.1, 0.15) is 0 Å². The van der Waals surface area contributed by atoms with Crippen LogP contribution in [-0.4, -0.2) is 39.8 Å². The Morgan fingerprint density at radius 3 is 2.27 bits per heavy atom. The van der Waals surface area contributed by atoms with Gasteiger partial charge in [0.25, 0.3) is 0 Å². The van der Waals surface area contributed by atoms with Crippen molar-refractivity contribution in [2.45, 2.75) is 24.7 Å². The quantitative estimate of drug-likeness (QED) is 0.551. The number of hydrogen-bond acceptors (Lipinski definition) is 4. The lowest BCUT2D eigenvalue weighted by Gasteiger charge is -2.26.